The van der Waals surface area contributed by atoms with Gasteiger partial charge in [0, 0.05) is 12.1 Å². The number of nitro benzene ring substituents is 1. The molecule has 0 saturated heterocycles. The largest absolute Gasteiger partial charge is 0.306 e. The van der Waals surface area contributed by atoms with Gasteiger partial charge in [0.25, 0.3) is 11.2 Å². The molecule has 0 fully saturated rings. The highest BCUT2D eigenvalue weighted by Crippen LogP contribution is 2.19. The van der Waals surface area contributed by atoms with Crippen LogP contribution in [0.2, 0.25) is 0 Å². The first kappa shape index (κ1) is 15.7. The third kappa shape index (κ3) is 2.95. The Morgan fingerprint density at radius 3 is 2.35 bits per heavy atom. The van der Waals surface area contributed by atoms with E-state index in [1.807, 2.05) is 36.4 Å². The van der Waals surface area contributed by atoms with E-state index in [0.29, 0.717) is 16.7 Å². The first-order valence-corrected chi connectivity index (χ1v) is 7.95. The fraction of sp³-hybridized carbons (Fsp3) is 0. The normalized spacial score (nSPS) is 11.4. The molecule has 0 saturated carbocycles. The minimum atomic E-state index is -0.444. The van der Waals surface area contributed by atoms with Gasteiger partial charge in [-0.1, -0.05) is 30.3 Å². The minimum absolute atomic E-state index is 0.0336. The predicted molar refractivity (Wildman–Crippen MR) is 102 cm³/mol. The van der Waals surface area contributed by atoms with Crippen molar-refractivity contribution in [3.8, 4) is 0 Å². The molecule has 0 spiro atoms. The number of nitrogens with one attached hydrogen (secondary N) is 1. The van der Waals surface area contributed by atoms with Gasteiger partial charge in [-0.2, -0.15) is 0 Å². The van der Waals surface area contributed by atoms with Crippen molar-refractivity contribution in [2.24, 2.45) is 0 Å². The van der Waals surface area contributed by atoms with E-state index in [0.717, 1.165) is 16.3 Å². The van der Waals surface area contributed by atoms with Crippen molar-refractivity contribution >= 4 is 39.5 Å². The number of benzene rings is 3. The summed E-state index contributed by atoms with van der Waals surface area (Å²) in [5.41, 5.74) is 1.23. The molecule has 0 aliphatic rings. The average Bonchev–Trinajstić information content (AvgIpc) is 2.65. The number of nitro groups is 1. The fourth-order valence-electron chi connectivity index (χ4n) is 2.81. The molecule has 0 bridgehead atoms. The summed E-state index contributed by atoms with van der Waals surface area (Å²) in [7, 11) is 0. The van der Waals surface area contributed by atoms with E-state index in [1.165, 1.54) is 12.1 Å². The second-order valence-corrected chi connectivity index (χ2v) is 5.85. The van der Waals surface area contributed by atoms with Crippen LogP contribution in [-0.4, -0.2) is 14.9 Å². The van der Waals surface area contributed by atoms with E-state index in [1.54, 1.807) is 24.3 Å². The lowest BCUT2D eigenvalue weighted by molar-refractivity contribution is -0.384. The molecule has 0 unspecified atom stereocenters. The number of hydrogen-bond donors (Lipinski definition) is 1. The number of hydrogen-bond acceptors (Lipinski definition) is 4. The van der Waals surface area contributed by atoms with E-state index >= 15 is 0 Å². The van der Waals surface area contributed by atoms with Crippen LogP contribution in [0.4, 0.5) is 5.69 Å². The summed E-state index contributed by atoms with van der Waals surface area (Å²) < 4.78 is 0. The molecule has 1 aromatic heterocycles. The van der Waals surface area contributed by atoms with Crippen molar-refractivity contribution in [1.29, 1.82) is 0 Å². The first-order valence-electron chi connectivity index (χ1n) is 7.95. The van der Waals surface area contributed by atoms with Crippen LogP contribution in [0.25, 0.3) is 33.8 Å². The topological polar surface area (TPSA) is 88.9 Å². The molecular weight excluding hydrogens is 330 g/mol. The highest BCUT2D eigenvalue weighted by atomic mass is 16.6. The molecule has 6 heteroatoms. The zero-order valence-corrected chi connectivity index (χ0v) is 13.5. The van der Waals surface area contributed by atoms with Crippen molar-refractivity contribution in [3.63, 3.8) is 0 Å². The Balaban J connectivity index is 1.73. The van der Waals surface area contributed by atoms with Crippen LogP contribution in [0.3, 0.4) is 0 Å². The summed E-state index contributed by atoms with van der Waals surface area (Å²) in [4.78, 5) is 29.9. The quantitative estimate of drug-likeness (QED) is 0.344. The molecule has 3 aromatic carbocycles. The van der Waals surface area contributed by atoms with Gasteiger partial charge < -0.3 is 4.98 Å². The van der Waals surface area contributed by atoms with Gasteiger partial charge in [0.05, 0.1) is 15.8 Å². The minimum Gasteiger partial charge on any atom is -0.306 e. The van der Waals surface area contributed by atoms with Crippen molar-refractivity contribution in [3.05, 3.63) is 92.5 Å². The molecule has 0 atom stereocenters. The van der Waals surface area contributed by atoms with Gasteiger partial charge in [-0.3, -0.25) is 14.9 Å². The maximum absolute atomic E-state index is 12.4. The maximum Gasteiger partial charge on any atom is 0.269 e. The summed E-state index contributed by atoms with van der Waals surface area (Å²) in [5, 5.41) is 13.2. The third-order valence-electron chi connectivity index (χ3n) is 4.13. The lowest BCUT2D eigenvalue weighted by Crippen LogP contribution is -2.09. The van der Waals surface area contributed by atoms with Gasteiger partial charge in [0.15, 0.2) is 0 Å². The summed E-state index contributed by atoms with van der Waals surface area (Å²) in [5.74, 6) is 0.427. The summed E-state index contributed by atoms with van der Waals surface area (Å²) in [6, 6.07) is 17.7. The van der Waals surface area contributed by atoms with Crippen LogP contribution >= 0.6 is 0 Å². The van der Waals surface area contributed by atoms with Gasteiger partial charge in [-0.05, 0) is 46.7 Å². The average molecular weight is 343 g/mol. The standard InChI is InChI=1S/C20H13N3O3/c24-20-17-11-14-3-1-2-4-15(14)12-18(17)21-19(22-20)10-7-13-5-8-16(9-6-13)23(25)26/h1-12H,(H,21,22,24). The third-order valence-corrected chi connectivity index (χ3v) is 4.13. The Labute approximate surface area is 147 Å². The second kappa shape index (κ2) is 6.25. The number of fused-ring (bicyclic) bond motifs is 2. The molecule has 1 heterocycles. The predicted octanol–water partition coefficient (Wildman–Crippen LogP) is 4.15. The zero-order valence-electron chi connectivity index (χ0n) is 13.5. The fourth-order valence-corrected chi connectivity index (χ4v) is 2.81. The highest BCUT2D eigenvalue weighted by Gasteiger charge is 2.05. The van der Waals surface area contributed by atoms with Crippen LogP contribution in [0.5, 0.6) is 0 Å². The molecule has 0 aliphatic heterocycles. The van der Waals surface area contributed by atoms with Crippen LogP contribution in [0.15, 0.2) is 65.5 Å². The summed E-state index contributed by atoms with van der Waals surface area (Å²) in [6.07, 6.45) is 3.42. The van der Waals surface area contributed by atoms with Gasteiger partial charge in [0.1, 0.15) is 5.82 Å². The van der Waals surface area contributed by atoms with E-state index in [4.69, 9.17) is 0 Å². The maximum atomic E-state index is 12.4. The van der Waals surface area contributed by atoms with E-state index in [-0.39, 0.29) is 11.2 Å². The van der Waals surface area contributed by atoms with Gasteiger partial charge in [-0.15, -0.1) is 0 Å². The van der Waals surface area contributed by atoms with Crippen LogP contribution in [-0.2, 0) is 0 Å². The lowest BCUT2D eigenvalue weighted by Gasteiger charge is -2.02. The Kier molecular flexibility index (Phi) is 3.78. The molecule has 0 amide bonds. The molecule has 0 aliphatic carbocycles. The number of aromatic nitrogens is 2. The van der Waals surface area contributed by atoms with Crippen LogP contribution < -0.4 is 5.56 Å². The van der Waals surface area contributed by atoms with Gasteiger partial charge in [-0.25, -0.2) is 4.98 Å². The Morgan fingerprint density at radius 1 is 0.962 bits per heavy atom. The number of rotatable bonds is 3. The molecule has 4 rings (SSSR count). The number of nitrogens with zero attached hydrogens (tertiary/aromatic N) is 2. The van der Waals surface area contributed by atoms with E-state index in [2.05, 4.69) is 9.97 Å². The van der Waals surface area contributed by atoms with E-state index in [9.17, 15) is 14.9 Å². The van der Waals surface area contributed by atoms with Crippen molar-refractivity contribution in [2.45, 2.75) is 0 Å². The number of H-pyrrole nitrogens is 1. The SMILES string of the molecule is O=c1[nH]c(C=Cc2ccc([N+](=O)[O-])cc2)nc2cc3ccccc3cc12. The Hall–Kier alpha value is -3.80. The summed E-state index contributed by atoms with van der Waals surface area (Å²) in [6.45, 7) is 0. The molecular formula is C20H13N3O3. The Morgan fingerprint density at radius 2 is 1.65 bits per heavy atom. The summed E-state index contributed by atoms with van der Waals surface area (Å²) >= 11 is 0. The molecule has 6 nitrogen and oxygen atoms in total. The molecule has 4 aromatic rings. The lowest BCUT2D eigenvalue weighted by atomic mass is 10.1. The Bertz CT molecular complexity index is 1220. The number of aromatic amines is 1. The van der Waals surface area contributed by atoms with E-state index < -0.39 is 4.92 Å². The van der Waals surface area contributed by atoms with Crippen molar-refractivity contribution < 1.29 is 4.92 Å². The zero-order chi connectivity index (χ0) is 18.1. The van der Waals surface area contributed by atoms with Crippen LogP contribution in [0, 0.1) is 10.1 Å². The molecule has 126 valence electrons. The monoisotopic (exact) mass is 343 g/mol. The van der Waals surface area contributed by atoms with Gasteiger partial charge >= 0.3 is 0 Å². The second-order valence-electron chi connectivity index (χ2n) is 5.85. The first-order chi connectivity index (χ1) is 12.6. The molecule has 26 heavy (non-hydrogen) atoms. The highest BCUT2D eigenvalue weighted by molar-refractivity contribution is 5.96. The van der Waals surface area contributed by atoms with Crippen LogP contribution in [0.1, 0.15) is 11.4 Å². The van der Waals surface area contributed by atoms with Crippen molar-refractivity contribution in [2.75, 3.05) is 0 Å². The van der Waals surface area contributed by atoms with Crippen molar-refractivity contribution in [1.82, 2.24) is 9.97 Å². The van der Waals surface area contributed by atoms with Gasteiger partial charge in [0.2, 0.25) is 0 Å². The molecule has 0 radical (unpaired) electrons. The molecule has 1 N–H and O–H groups in total. The number of non-ortho nitro benzene ring substituents is 1. The smallest absolute Gasteiger partial charge is 0.269 e.